The number of rotatable bonds is 3. The summed E-state index contributed by atoms with van der Waals surface area (Å²) in [5, 5.41) is 7.85. The number of aryl methyl sites for hydroxylation is 1. The standard InChI is InChI=1S/C17H14Cl2N4O/c1-10-15(11(2)23(22-10)13-6-4-3-5-7-13)17(24)21-16-14(19)8-12(18)9-20-16/h3-9H,1-2H3,(H,20,21,24). The van der Waals surface area contributed by atoms with E-state index in [1.807, 2.05) is 37.3 Å². The van der Waals surface area contributed by atoms with Crippen molar-refractivity contribution < 1.29 is 4.79 Å². The second-order valence-corrected chi connectivity index (χ2v) is 6.07. The highest BCUT2D eigenvalue weighted by Crippen LogP contribution is 2.24. The number of hydrogen-bond acceptors (Lipinski definition) is 3. The molecule has 2 heterocycles. The third-order valence-electron chi connectivity index (χ3n) is 3.56. The fourth-order valence-corrected chi connectivity index (χ4v) is 2.90. The molecule has 7 heteroatoms. The minimum atomic E-state index is -0.316. The number of nitrogens with one attached hydrogen (secondary N) is 1. The molecule has 0 unspecified atom stereocenters. The van der Waals surface area contributed by atoms with E-state index in [0.717, 1.165) is 11.4 Å². The van der Waals surface area contributed by atoms with Crippen LogP contribution in [-0.2, 0) is 0 Å². The van der Waals surface area contributed by atoms with E-state index in [-0.39, 0.29) is 16.7 Å². The number of halogens is 2. The zero-order valence-corrected chi connectivity index (χ0v) is 14.6. The highest BCUT2D eigenvalue weighted by Gasteiger charge is 2.20. The number of hydrogen-bond donors (Lipinski definition) is 1. The van der Waals surface area contributed by atoms with Crippen LogP contribution in [0.3, 0.4) is 0 Å². The zero-order valence-electron chi connectivity index (χ0n) is 13.0. The van der Waals surface area contributed by atoms with E-state index < -0.39 is 0 Å². The molecular weight excluding hydrogens is 347 g/mol. The number of pyridine rings is 1. The molecule has 5 nitrogen and oxygen atoms in total. The van der Waals surface area contributed by atoms with Crippen LogP contribution in [0.5, 0.6) is 0 Å². The Bertz CT molecular complexity index is 906. The lowest BCUT2D eigenvalue weighted by Gasteiger charge is -2.07. The van der Waals surface area contributed by atoms with Crippen molar-refractivity contribution in [2.24, 2.45) is 0 Å². The first-order chi connectivity index (χ1) is 11.5. The molecule has 3 rings (SSSR count). The average molecular weight is 361 g/mol. The maximum absolute atomic E-state index is 12.6. The van der Waals surface area contributed by atoms with Crippen LogP contribution < -0.4 is 5.32 Å². The van der Waals surface area contributed by atoms with E-state index in [4.69, 9.17) is 23.2 Å². The van der Waals surface area contributed by atoms with Gasteiger partial charge in [0.25, 0.3) is 5.91 Å². The molecule has 0 aliphatic heterocycles. The van der Waals surface area contributed by atoms with E-state index in [0.29, 0.717) is 16.3 Å². The molecule has 0 aliphatic carbocycles. The zero-order chi connectivity index (χ0) is 17.3. The quantitative estimate of drug-likeness (QED) is 0.750. The van der Waals surface area contributed by atoms with E-state index in [9.17, 15) is 4.79 Å². The third kappa shape index (κ3) is 3.13. The van der Waals surface area contributed by atoms with Crippen molar-refractivity contribution in [1.29, 1.82) is 0 Å². The smallest absolute Gasteiger partial charge is 0.260 e. The molecule has 1 N–H and O–H groups in total. The van der Waals surface area contributed by atoms with Crippen molar-refractivity contribution in [2.75, 3.05) is 5.32 Å². The summed E-state index contributed by atoms with van der Waals surface area (Å²) in [7, 11) is 0. The summed E-state index contributed by atoms with van der Waals surface area (Å²) in [4.78, 5) is 16.7. The molecule has 0 saturated heterocycles. The van der Waals surface area contributed by atoms with Crippen molar-refractivity contribution in [3.63, 3.8) is 0 Å². The molecule has 3 aromatic rings. The second kappa shape index (κ2) is 6.63. The van der Waals surface area contributed by atoms with Gasteiger partial charge in [-0.3, -0.25) is 4.79 Å². The number of aromatic nitrogens is 3. The number of carbonyl (C=O) groups is 1. The Hall–Kier alpha value is -2.37. The van der Waals surface area contributed by atoms with Crippen LogP contribution >= 0.6 is 23.2 Å². The maximum atomic E-state index is 12.6. The highest BCUT2D eigenvalue weighted by atomic mass is 35.5. The van der Waals surface area contributed by atoms with Crippen LogP contribution in [0.4, 0.5) is 5.82 Å². The molecule has 0 saturated carbocycles. The predicted octanol–water partition coefficient (Wildman–Crippen LogP) is 4.44. The summed E-state index contributed by atoms with van der Waals surface area (Å²) in [6.45, 7) is 3.64. The molecule has 0 fully saturated rings. The van der Waals surface area contributed by atoms with Gasteiger partial charge in [-0.2, -0.15) is 5.10 Å². The number of nitrogens with zero attached hydrogens (tertiary/aromatic N) is 3. The molecule has 0 aliphatic rings. The van der Waals surface area contributed by atoms with Crippen molar-refractivity contribution in [1.82, 2.24) is 14.8 Å². The first-order valence-corrected chi connectivity index (χ1v) is 7.97. The Balaban J connectivity index is 1.95. The van der Waals surface area contributed by atoms with Gasteiger partial charge in [0.2, 0.25) is 0 Å². The number of para-hydroxylation sites is 1. The van der Waals surface area contributed by atoms with Gasteiger partial charge in [-0.15, -0.1) is 0 Å². The van der Waals surface area contributed by atoms with E-state index in [1.165, 1.54) is 12.3 Å². The van der Waals surface area contributed by atoms with E-state index in [2.05, 4.69) is 15.4 Å². The van der Waals surface area contributed by atoms with Gasteiger partial charge in [0, 0.05) is 6.20 Å². The Morgan fingerprint density at radius 3 is 2.54 bits per heavy atom. The molecule has 0 atom stereocenters. The van der Waals surface area contributed by atoms with Crippen molar-refractivity contribution in [3.05, 3.63) is 69.6 Å². The molecule has 0 spiro atoms. The topological polar surface area (TPSA) is 59.8 Å². The Labute approximate surface area is 149 Å². The average Bonchev–Trinajstić information content (AvgIpc) is 2.85. The summed E-state index contributed by atoms with van der Waals surface area (Å²) >= 11 is 11.9. The SMILES string of the molecule is Cc1nn(-c2ccccc2)c(C)c1C(=O)Nc1ncc(Cl)cc1Cl. The van der Waals surface area contributed by atoms with Gasteiger partial charge in [-0.05, 0) is 32.0 Å². The van der Waals surface area contributed by atoms with Gasteiger partial charge in [-0.25, -0.2) is 9.67 Å². The minimum Gasteiger partial charge on any atom is -0.305 e. The molecule has 0 bridgehead atoms. The van der Waals surface area contributed by atoms with Gasteiger partial charge >= 0.3 is 0 Å². The van der Waals surface area contributed by atoms with Crippen LogP contribution in [0, 0.1) is 13.8 Å². The van der Waals surface area contributed by atoms with Gasteiger partial charge in [0.1, 0.15) is 0 Å². The van der Waals surface area contributed by atoms with Crippen molar-refractivity contribution in [2.45, 2.75) is 13.8 Å². The largest absolute Gasteiger partial charge is 0.305 e. The molecule has 122 valence electrons. The van der Waals surface area contributed by atoms with Crippen LogP contribution in [0.1, 0.15) is 21.7 Å². The normalized spacial score (nSPS) is 10.7. The number of amides is 1. The lowest BCUT2D eigenvalue weighted by molar-refractivity contribution is 0.102. The van der Waals surface area contributed by atoms with E-state index >= 15 is 0 Å². The summed E-state index contributed by atoms with van der Waals surface area (Å²) in [5.74, 6) is -0.0544. The minimum absolute atomic E-state index is 0.261. The molecule has 1 amide bonds. The van der Waals surface area contributed by atoms with Crippen LogP contribution in [-0.4, -0.2) is 20.7 Å². The number of anilines is 1. The summed E-state index contributed by atoms with van der Waals surface area (Å²) in [5.41, 5.74) is 2.74. The predicted molar refractivity (Wildman–Crippen MR) is 95.2 cm³/mol. The van der Waals surface area contributed by atoms with Gasteiger partial charge in [0.15, 0.2) is 5.82 Å². The Kier molecular flexibility index (Phi) is 4.55. The summed E-state index contributed by atoms with van der Waals surface area (Å²) in [6.07, 6.45) is 1.43. The van der Waals surface area contributed by atoms with Crippen LogP contribution in [0.15, 0.2) is 42.6 Å². The van der Waals surface area contributed by atoms with Crippen molar-refractivity contribution >= 4 is 34.9 Å². The van der Waals surface area contributed by atoms with Gasteiger partial charge in [0.05, 0.1) is 32.7 Å². The fourth-order valence-electron chi connectivity index (χ4n) is 2.47. The second-order valence-electron chi connectivity index (χ2n) is 5.23. The Morgan fingerprint density at radius 1 is 1.17 bits per heavy atom. The highest BCUT2D eigenvalue weighted by molar-refractivity contribution is 6.36. The van der Waals surface area contributed by atoms with Crippen molar-refractivity contribution in [3.8, 4) is 5.69 Å². The Morgan fingerprint density at radius 2 is 1.88 bits per heavy atom. The van der Waals surface area contributed by atoms with Gasteiger partial charge < -0.3 is 5.32 Å². The maximum Gasteiger partial charge on any atom is 0.260 e. The van der Waals surface area contributed by atoms with Gasteiger partial charge in [-0.1, -0.05) is 41.4 Å². The number of benzene rings is 1. The lowest BCUT2D eigenvalue weighted by Crippen LogP contribution is -2.15. The van der Waals surface area contributed by atoms with Crippen LogP contribution in [0.25, 0.3) is 5.69 Å². The first kappa shape index (κ1) is 16.5. The lowest BCUT2D eigenvalue weighted by atomic mass is 10.2. The summed E-state index contributed by atoms with van der Waals surface area (Å²) in [6, 6.07) is 11.2. The molecule has 2 aromatic heterocycles. The van der Waals surface area contributed by atoms with E-state index in [1.54, 1.807) is 11.6 Å². The third-order valence-corrected chi connectivity index (χ3v) is 4.05. The monoisotopic (exact) mass is 360 g/mol. The fraction of sp³-hybridized carbons (Fsp3) is 0.118. The van der Waals surface area contributed by atoms with Crippen LogP contribution in [0.2, 0.25) is 10.0 Å². The first-order valence-electron chi connectivity index (χ1n) is 7.21. The molecular formula is C17H14Cl2N4O. The number of carbonyl (C=O) groups excluding carboxylic acids is 1. The summed E-state index contributed by atoms with van der Waals surface area (Å²) < 4.78 is 1.74. The molecule has 1 aromatic carbocycles. The molecule has 24 heavy (non-hydrogen) atoms. The molecule has 0 radical (unpaired) electrons.